The van der Waals surface area contributed by atoms with Crippen molar-refractivity contribution in [1.29, 1.82) is 0 Å². The average molecular weight is 315 g/mol. The molecule has 1 heterocycles. The smallest absolute Gasteiger partial charge is 0.0635 e. The fourth-order valence-corrected chi connectivity index (χ4v) is 2.47. The minimum atomic E-state index is 0.812. The molecule has 0 aromatic carbocycles. The van der Waals surface area contributed by atoms with Gasteiger partial charge in [0.05, 0.1) is 22.9 Å². The number of likely N-dealkylation sites (N-methyl/N-ethyl adjacent to an activating group) is 1. The standard InChI is InChI=1S/C13H23BrN4/c1-17(2)8-9-18-13(12(14)10-16-18)4-3-7-15-11-5-6-11/h10-11,15H,3-9H2,1-2H3. The van der Waals surface area contributed by atoms with Crippen LogP contribution in [-0.4, -0.2) is 47.9 Å². The zero-order chi connectivity index (χ0) is 13.0. The Morgan fingerprint density at radius 3 is 2.94 bits per heavy atom. The maximum Gasteiger partial charge on any atom is 0.0635 e. The molecule has 0 atom stereocenters. The highest BCUT2D eigenvalue weighted by Gasteiger charge is 2.19. The molecule has 18 heavy (non-hydrogen) atoms. The van der Waals surface area contributed by atoms with Gasteiger partial charge >= 0.3 is 0 Å². The first-order valence-corrected chi connectivity index (χ1v) is 7.54. The van der Waals surface area contributed by atoms with Crippen molar-refractivity contribution in [2.45, 2.75) is 38.3 Å². The van der Waals surface area contributed by atoms with Crippen LogP contribution >= 0.6 is 15.9 Å². The van der Waals surface area contributed by atoms with E-state index in [1.807, 2.05) is 6.20 Å². The van der Waals surface area contributed by atoms with Gasteiger partial charge in [-0.25, -0.2) is 0 Å². The van der Waals surface area contributed by atoms with Crippen LogP contribution < -0.4 is 5.32 Å². The van der Waals surface area contributed by atoms with Gasteiger partial charge in [-0.2, -0.15) is 5.10 Å². The molecular weight excluding hydrogens is 292 g/mol. The molecule has 1 N–H and O–H groups in total. The van der Waals surface area contributed by atoms with Gasteiger partial charge in [0.2, 0.25) is 0 Å². The quantitative estimate of drug-likeness (QED) is 0.744. The molecule has 1 aromatic heterocycles. The largest absolute Gasteiger partial charge is 0.314 e. The summed E-state index contributed by atoms with van der Waals surface area (Å²) in [5.74, 6) is 0. The molecule has 2 rings (SSSR count). The van der Waals surface area contributed by atoms with Gasteiger partial charge < -0.3 is 10.2 Å². The van der Waals surface area contributed by atoms with Crippen molar-refractivity contribution in [3.8, 4) is 0 Å². The predicted octanol–water partition coefficient (Wildman–Crippen LogP) is 1.89. The van der Waals surface area contributed by atoms with Gasteiger partial charge in [-0.1, -0.05) is 0 Å². The summed E-state index contributed by atoms with van der Waals surface area (Å²) in [6.45, 7) is 3.11. The fourth-order valence-electron chi connectivity index (χ4n) is 1.97. The highest BCUT2D eigenvalue weighted by atomic mass is 79.9. The van der Waals surface area contributed by atoms with Crippen LogP contribution in [0.5, 0.6) is 0 Å². The SMILES string of the molecule is CN(C)CCn1ncc(Br)c1CCCNC1CC1. The van der Waals surface area contributed by atoms with Gasteiger partial charge in [0.25, 0.3) is 0 Å². The highest BCUT2D eigenvalue weighted by molar-refractivity contribution is 9.10. The van der Waals surface area contributed by atoms with Gasteiger partial charge in [-0.3, -0.25) is 4.68 Å². The molecule has 1 fully saturated rings. The first kappa shape index (κ1) is 14.0. The van der Waals surface area contributed by atoms with Crippen LogP contribution in [0.3, 0.4) is 0 Å². The number of hydrogen-bond acceptors (Lipinski definition) is 3. The maximum absolute atomic E-state index is 4.44. The Morgan fingerprint density at radius 1 is 1.50 bits per heavy atom. The van der Waals surface area contributed by atoms with E-state index in [1.165, 1.54) is 25.0 Å². The predicted molar refractivity (Wildman–Crippen MR) is 77.8 cm³/mol. The molecule has 0 bridgehead atoms. The molecular formula is C13H23BrN4. The Hall–Kier alpha value is -0.390. The van der Waals surface area contributed by atoms with Gasteiger partial charge in [0.1, 0.15) is 0 Å². The van der Waals surface area contributed by atoms with Crippen molar-refractivity contribution >= 4 is 15.9 Å². The summed E-state index contributed by atoms with van der Waals surface area (Å²) in [6, 6.07) is 0.812. The number of nitrogens with one attached hydrogen (secondary N) is 1. The van der Waals surface area contributed by atoms with Crippen LogP contribution in [0.25, 0.3) is 0 Å². The van der Waals surface area contributed by atoms with Crippen LogP contribution in [-0.2, 0) is 13.0 Å². The first-order valence-electron chi connectivity index (χ1n) is 6.75. The molecule has 0 aliphatic heterocycles. The van der Waals surface area contributed by atoms with E-state index in [-0.39, 0.29) is 0 Å². The van der Waals surface area contributed by atoms with E-state index in [0.29, 0.717) is 0 Å². The van der Waals surface area contributed by atoms with Crippen LogP contribution in [0.1, 0.15) is 25.0 Å². The van der Waals surface area contributed by atoms with Gasteiger partial charge in [0, 0.05) is 12.6 Å². The summed E-state index contributed by atoms with van der Waals surface area (Å²) in [7, 11) is 4.19. The van der Waals surface area contributed by atoms with E-state index in [9.17, 15) is 0 Å². The molecule has 0 spiro atoms. The number of hydrogen-bond donors (Lipinski definition) is 1. The second-order valence-corrected chi connectivity index (χ2v) is 6.15. The minimum absolute atomic E-state index is 0.812. The Kier molecular flexibility index (Phi) is 5.21. The van der Waals surface area contributed by atoms with Crippen molar-refractivity contribution in [2.75, 3.05) is 27.2 Å². The van der Waals surface area contributed by atoms with E-state index in [4.69, 9.17) is 0 Å². The molecule has 0 amide bonds. The van der Waals surface area contributed by atoms with Crippen LogP contribution in [0.15, 0.2) is 10.7 Å². The van der Waals surface area contributed by atoms with E-state index in [1.54, 1.807) is 0 Å². The van der Waals surface area contributed by atoms with Gasteiger partial charge in [0.15, 0.2) is 0 Å². The van der Waals surface area contributed by atoms with E-state index in [0.717, 1.165) is 36.6 Å². The lowest BCUT2D eigenvalue weighted by molar-refractivity contribution is 0.369. The highest BCUT2D eigenvalue weighted by Crippen LogP contribution is 2.20. The van der Waals surface area contributed by atoms with Crippen molar-refractivity contribution in [2.24, 2.45) is 0 Å². The van der Waals surface area contributed by atoms with Crippen molar-refractivity contribution in [3.05, 3.63) is 16.4 Å². The third-order valence-corrected chi connectivity index (χ3v) is 3.92. The topological polar surface area (TPSA) is 33.1 Å². The molecule has 0 radical (unpaired) electrons. The number of aromatic nitrogens is 2. The molecule has 0 unspecified atom stereocenters. The Morgan fingerprint density at radius 2 is 2.28 bits per heavy atom. The summed E-state index contributed by atoms with van der Waals surface area (Å²) < 4.78 is 3.27. The minimum Gasteiger partial charge on any atom is -0.314 e. The average Bonchev–Trinajstić information content (AvgIpc) is 3.08. The monoisotopic (exact) mass is 314 g/mol. The summed E-state index contributed by atoms with van der Waals surface area (Å²) >= 11 is 3.60. The lowest BCUT2D eigenvalue weighted by Gasteiger charge is -2.12. The molecule has 5 heteroatoms. The Bertz CT molecular complexity index is 371. The van der Waals surface area contributed by atoms with E-state index >= 15 is 0 Å². The second-order valence-electron chi connectivity index (χ2n) is 5.30. The first-order chi connectivity index (χ1) is 8.66. The Labute approximate surface area is 118 Å². The zero-order valence-electron chi connectivity index (χ0n) is 11.3. The summed E-state index contributed by atoms with van der Waals surface area (Å²) in [4.78, 5) is 2.19. The molecule has 1 aliphatic carbocycles. The lowest BCUT2D eigenvalue weighted by Crippen LogP contribution is -2.21. The molecule has 4 nitrogen and oxygen atoms in total. The molecule has 0 saturated heterocycles. The lowest BCUT2D eigenvalue weighted by atomic mass is 10.2. The van der Waals surface area contributed by atoms with Crippen LogP contribution in [0.4, 0.5) is 0 Å². The van der Waals surface area contributed by atoms with Crippen LogP contribution in [0.2, 0.25) is 0 Å². The molecule has 1 saturated carbocycles. The number of halogens is 1. The van der Waals surface area contributed by atoms with E-state index < -0.39 is 0 Å². The van der Waals surface area contributed by atoms with Crippen LogP contribution in [0, 0.1) is 0 Å². The molecule has 102 valence electrons. The summed E-state index contributed by atoms with van der Waals surface area (Å²) in [6.07, 6.45) is 6.92. The van der Waals surface area contributed by atoms with Crippen molar-refractivity contribution in [1.82, 2.24) is 20.0 Å². The normalized spacial score (nSPS) is 15.6. The van der Waals surface area contributed by atoms with Crippen molar-refractivity contribution < 1.29 is 0 Å². The fraction of sp³-hybridized carbons (Fsp3) is 0.769. The van der Waals surface area contributed by atoms with E-state index in [2.05, 4.69) is 50.0 Å². The van der Waals surface area contributed by atoms with Gasteiger partial charge in [-0.15, -0.1) is 0 Å². The second kappa shape index (κ2) is 6.68. The third kappa shape index (κ3) is 4.37. The molecule has 1 aromatic rings. The summed E-state index contributed by atoms with van der Waals surface area (Å²) in [5, 5.41) is 7.99. The zero-order valence-corrected chi connectivity index (χ0v) is 12.9. The Balaban J connectivity index is 1.78. The van der Waals surface area contributed by atoms with Crippen molar-refractivity contribution in [3.63, 3.8) is 0 Å². The third-order valence-electron chi connectivity index (χ3n) is 3.26. The van der Waals surface area contributed by atoms with Gasteiger partial charge in [-0.05, 0) is 62.3 Å². The summed E-state index contributed by atoms with van der Waals surface area (Å²) in [5.41, 5.74) is 1.33. The number of rotatable bonds is 8. The maximum atomic E-state index is 4.44. The molecule has 1 aliphatic rings. The number of nitrogens with zero attached hydrogens (tertiary/aromatic N) is 3.